The maximum absolute atomic E-state index is 12.7. The SMILES string of the molecule is CC[C@@H]1CCCCN1CCCNC(=O)c1cc(=O)n2c(nc3cc(C)c(C)cc32)s1. The second kappa shape index (κ2) is 8.86. The van der Waals surface area contributed by atoms with Crippen molar-refractivity contribution in [1.29, 1.82) is 0 Å². The number of aryl methyl sites for hydroxylation is 2. The van der Waals surface area contributed by atoms with Crippen molar-refractivity contribution in [2.24, 2.45) is 0 Å². The van der Waals surface area contributed by atoms with Crippen LogP contribution in [-0.2, 0) is 0 Å². The van der Waals surface area contributed by atoms with Gasteiger partial charge < -0.3 is 10.2 Å². The molecule has 0 saturated carbocycles. The highest BCUT2D eigenvalue weighted by Crippen LogP contribution is 2.23. The number of carbonyl (C=O) groups excluding carboxylic acids is 1. The Labute approximate surface area is 180 Å². The quantitative estimate of drug-likeness (QED) is 0.607. The van der Waals surface area contributed by atoms with Crippen LogP contribution in [0.3, 0.4) is 0 Å². The monoisotopic (exact) mass is 426 g/mol. The lowest BCUT2D eigenvalue weighted by molar-refractivity contribution is 0.0951. The number of likely N-dealkylation sites (tertiary alicyclic amines) is 1. The predicted octanol–water partition coefficient (Wildman–Crippen LogP) is 3.91. The number of hydrogen-bond donors (Lipinski definition) is 1. The Bertz CT molecular complexity index is 1130. The molecule has 160 valence electrons. The number of benzene rings is 1. The van der Waals surface area contributed by atoms with Gasteiger partial charge in [-0.15, -0.1) is 0 Å². The molecule has 3 aromatic rings. The normalized spacial score (nSPS) is 17.6. The molecule has 1 aliphatic rings. The molecule has 1 aliphatic heterocycles. The van der Waals surface area contributed by atoms with Gasteiger partial charge in [0.15, 0.2) is 4.96 Å². The standard InChI is InChI=1S/C23H30N4O2S/c1-4-17-8-5-6-10-26(17)11-7-9-24-22(29)20-14-21(28)27-19-13-16(3)15(2)12-18(19)25-23(27)30-20/h12-14,17H,4-11H2,1-3H3,(H,24,29)/t17-/m1/s1. The molecule has 1 amide bonds. The number of nitrogens with one attached hydrogen (secondary N) is 1. The van der Waals surface area contributed by atoms with Crippen LogP contribution in [0.15, 0.2) is 23.0 Å². The van der Waals surface area contributed by atoms with Gasteiger partial charge in [0.25, 0.3) is 11.5 Å². The van der Waals surface area contributed by atoms with E-state index in [4.69, 9.17) is 0 Å². The van der Waals surface area contributed by atoms with Gasteiger partial charge in [-0.3, -0.25) is 14.0 Å². The molecule has 1 saturated heterocycles. The molecule has 1 atom stereocenters. The first-order valence-corrected chi connectivity index (χ1v) is 11.8. The first-order valence-electron chi connectivity index (χ1n) is 10.9. The Morgan fingerprint density at radius 2 is 2.03 bits per heavy atom. The third-order valence-electron chi connectivity index (χ3n) is 6.27. The van der Waals surface area contributed by atoms with E-state index in [0.29, 0.717) is 22.4 Å². The molecule has 0 unspecified atom stereocenters. The van der Waals surface area contributed by atoms with Crippen LogP contribution in [-0.4, -0.2) is 45.9 Å². The summed E-state index contributed by atoms with van der Waals surface area (Å²) in [6.45, 7) is 9.11. The molecule has 6 nitrogen and oxygen atoms in total. The van der Waals surface area contributed by atoms with Gasteiger partial charge in [-0.1, -0.05) is 24.7 Å². The lowest BCUT2D eigenvalue weighted by Gasteiger charge is -2.35. The largest absolute Gasteiger partial charge is 0.351 e. The topological polar surface area (TPSA) is 66.7 Å². The molecule has 3 heterocycles. The number of nitrogens with zero attached hydrogens (tertiary/aromatic N) is 3. The van der Waals surface area contributed by atoms with E-state index in [1.54, 1.807) is 4.40 Å². The number of fused-ring (bicyclic) bond motifs is 3. The summed E-state index contributed by atoms with van der Waals surface area (Å²) in [6.07, 6.45) is 6.00. The van der Waals surface area contributed by atoms with E-state index in [1.165, 1.54) is 43.1 Å². The summed E-state index contributed by atoms with van der Waals surface area (Å²) in [6, 6.07) is 6.10. The highest BCUT2D eigenvalue weighted by molar-refractivity contribution is 7.18. The van der Waals surface area contributed by atoms with E-state index in [-0.39, 0.29) is 11.5 Å². The summed E-state index contributed by atoms with van der Waals surface area (Å²) < 4.78 is 1.60. The van der Waals surface area contributed by atoms with Gasteiger partial charge in [-0.05, 0) is 69.3 Å². The third-order valence-corrected chi connectivity index (χ3v) is 7.25. The van der Waals surface area contributed by atoms with Crippen LogP contribution in [0, 0.1) is 13.8 Å². The summed E-state index contributed by atoms with van der Waals surface area (Å²) in [5.41, 5.74) is 3.64. The molecular formula is C23H30N4O2S. The highest BCUT2D eigenvalue weighted by Gasteiger charge is 2.20. The van der Waals surface area contributed by atoms with Crippen LogP contribution in [0.2, 0.25) is 0 Å². The van der Waals surface area contributed by atoms with Gasteiger partial charge in [0, 0.05) is 25.2 Å². The van der Waals surface area contributed by atoms with Crippen molar-refractivity contribution in [2.75, 3.05) is 19.6 Å². The molecule has 1 fully saturated rings. The molecule has 0 spiro atoms. The summed E-state index contributed by atoms with van der Waals surface area (Å²) >= 11 is 1.27. The number of rotatable bonds is 6. The highest BCUT2D eigenvalue weighted by atomic mass is 32.1. The fourth-order valence-corrected chi connectivity index (χ4v) is 5.34. The van der Waals surface area contributed by atoms with E-state index in [2.05, 4.69) is 22.1 Å². The van der Waals surface area contributed by atoms with Crippen molar-refractivity contribution in [3.63, 3.8) is 0 Å². The van der Waals surface area contributed by atoms with Crippen LogP contribution >= 0.6 is 11.3 Å². The molecular weight excluding hydrogens is 396 g/mol. The second-order valence-electron chi connectivity index (χ2n) is 8.31. The van der Waals surface area contributed by atoms with Gasteiger partial charge >= 0.3 is 0 Å². The van der Waals surface area contributed by atoms with Gasteiger partial charge in [-0.2, -0.15) is 0 Å². The Balaban J connectivity index is 1.44. The van der Waals surface area contributed by atoms with Crippen molar-refractivity contribution in [3.8, 4) is 0 Å². The van der Waals surface area contributed by atoms with E-state index in [1.807, 2.05) is 26.0 Å². The van der Waals surface area contributed by atoms with Crippen LogP contribution in [0.5, 0.6) is 0 Å². The van der Waals surface area contributed by atoms with Crippen LogP contribution in [0.4, 0.5) is 0 Å². The Morgan fingerprint density at radius 1 is 1.23 bits per heavy atom. The minimum atomic E-state index is -0.209. The van der Waals surface area contributed by atoms with Crippen molar-refractivity contribution >= 4 is 33.2 Å². The van der Waals surface area contributed by atoms with Gasteiger partial charge in [0.05, 0.1) is 11.0 Å². The molecule has 0 bridgehead atoms. The molecule has 1 aromatic carbocycles. The maximum atomic E-state index is 12.7. The second-order valence-corrected chi connectivity index (χ2v) is 9.32. The summed E-state index contributed by atoms with van der Waals surface area (Å²) in [7, 11) is 0. The third kappa shape index (κ3) is 4.14. The van der Waals surface area contributed by atoms with E-state index in [9.17, 15) is 9.59 Å². The summed E-state index contributed by atoms with van der Waals surface area (Å²) in [5, 5.41) is 2.98. The van der Waals surface area contributed by atoms with E-state index in [0.717, 1.165) is 41.7 Å². The average Bonchev–Trinajstić information content (AvgIpc) is 3.09. The van der Waals surface area contributed by atoms with Crippen molar-refractivity contribution in [1.82, 2.24) is 19.6 Å². The van der Waals surface area contributed by atoms with E-state index < -0.39 is 0 Å². The lowest BCUT2D eigenvalue weighted by Crippen LogP contribution is -2.40. The minimum absolute atomic E-state index is 0.190. The first kappa shape index (κ1) is 21.0. The number of amides is 1. The van der Waals surface area contributed by atoms with Crippen LogP contribution < -0.4 is 10.9 Å². The molecule has 30 heavy (non-hydrogen) atoms. The Kier molecular flexibility index (Phi) is 6.20. The van der Waals surface area contributed by atoms with Crippen molar-refractivity contribution in [2.45, 2.75) is 58.9 Å². The fraction of sp³-hybridized carbons (Fsp3) is 0.522. The van der Waals surface area contributed by atoms with Gasteiger partial charge in [-0.25, -0.2) is 4.98 Å². The van der Waals surface area contributed by atoms with Gasteiger partial charge in [0.2, 0.25) is 0 Å². The molecule has 0 aliphatic carbocycles. The number of imidazole rings is 1. The van der Waals surface area contributed by atoms with Crippen LogP contribution in [0.1, 0.15) is 59.8 Å². The Morgan fingerprint density at radius 3 is 2.83 bits per heavy atom. The smallest absolute Gasteiger partial charge is 0.261 e. The summed E-state index contributed by atoms with van der Waals surface area (Å²) in [5.74, 6) is -0.190. The van der Waals surface area contributed by atoms with E-state index >= 15 is 0 Å². The number of aromatic nitrogens is 2. The average molecular weight is 427 g/mol. The van der Waals surface area contributed by atoms with Gasteiger partial charge in [0.1, 0.15) is 4.88 Å². The zero-order valence-corrected chi connectivity index (χ0v) is 18.8. The number of carbonyl (C=O) groups is 1. The van der Waals surface area contributed by atoms with Crippen molar-refractivity contribution < 1.29 is 4.79 Å². The zero-order valence-electron chi connectivity index (χ0n) is 18.0. The molecule has 0 radical (unpaired) electrons. The number of piperidine rings is 1. The molecule has 4 rings (SSSR count). The summed E-state index contributed by atoms with van der Waals surface area (Å²) in [4.78, 5) is 33.5. The maximum Gasteiger partial charge on any atom is 0.261 e. The lowest BCUT2D eigenvalue weighted by atomic mass is 10.00. The fourth-order valence-electron chi connectivity index (χ4n) is 4.40. The predicted molar refractivity (Wildman–Crippen MR) is 123 cm³/mol. The number of hydrogen-bond acceptors (Lipinski definition) is 5. The minimum Gasteiger partial charge on any atom is -0.351 e. The van der Waals surface area contributed by atoms with Crippen molar-refractivity contribution in [3.05, 3.63) is 44.6 Å². The molecule has 7 heteroatoms. The Hall–Kier alpha value is -2.25. The first-order chi connectivity index (χ1) is 14.5. The zero-order chi connectivity index (χ0) is 21.3. The van der Waals surface area contributed by atoms with Crippen LogP contribution in [0.25, 0.3) is 16.0 Å². The molecule has 2 aromatic heterocycles. The molecule has 1 N–H and O–H groups in total.